The van der Waals surface area contributed by atoms with Gasteiger partial charge in [-0.25, -0.2) is 0 Å². The average molecular weight is 641 g/mol. The van der Waals surface area contributed by atoms with Crippen molar-refractivity contribution in [3.8, 4) is 56.0 Å². The molecule has 0 radical (unpaired) electrons. The van der Waals surface area contributed by atoms with Gasteiger partial charge in [0, 0.05) is 16.5 Å². The Morgan fingerprint density at radius 2 is 0.800 bits per heavy atom. The van der Waals surface area contributed by atoms with E-state index in [4.69, 9.17) is 4.74 Å². The van der Waals surface area contributed by atoms with Crippen LogP contribution < -0.4 is 4.74 Å². The number of hydrogen-bond donors (Lipinski definition) is 0. The van der Waals surface area contributed by atoms with Crippen molar-refractivity contribution in [1.82, 2.24) is 0 Å². The van der Waals surface area contributed by atoms with E-state index in [9.17, 15) is 0 Å². The Bertz CT molecular complexity index is 2470. The quantitative estimate of drug-likeness (QED) is 0.183. The first kappa shape index (κ1) is 28.2. The second-order valence-corrected chi connectivity index (χ2v) is 14.6. The molecule has 0 atom stereocenters. The summed E-state index contributed by atoms with van der Waals surface area (Å²) >= 11 is 0. The molecular weight excluding hydrogens is 605 g/mol. The summed E-state index contributed by atoms with van der Waals surface area (Å²) in [5.41, 5.74) is 18.2. The Kier molecular flexibility index (Phi) is 5.88. The van der Waals surface area contributed by atoms with Crippen molar-refractivity contribution in [1.29, 1.82) is 0 Å². The van der Waals surface area contributed by atoms with E-state index in [1.807, 2.05) is 0 Å². The van der Waals surface area contributed by atoms with Crippen LogP contribution in [0.25, 0.3) is 44.5 Å². The van der Waals surface area contributed by atoms with Crippen molar-refractivity contribution >= 4 is 0 Å². The Morgan fingerprint density at radius 1 is 0.340 bits per heavy atom. The van der Waals surface area contributed by atoms with Crippen molar-refractivity contribution < 1.29 is 4.74 Å². The standard InChI is InChI=1S/C49H36O/c1-12-28-48(29-13-1)40-19-7-4-16-36(40)39-26-24-32(30-44(39)48)34-14-2-3-15-35(34)33-25-27-47-45(31-33)49(43-22-10-11-23-46(43)50-47)41-20-8-5-17-37(41)38-18-6-9-21-42(38)49/h2-11,14-27,30-31H,1,12-13,28-29H2. The van der Waals surface area contributed by atoms with Gasteiger partial charge in [-0.1, -0.05) is 153 Å². The molecule has 11 rings (SSSR count). The maximum absolute atomic E-state index is 6.74. The number of hydrogen-bond acceptors (Lipinski definition) is 1. The van der Waals surface area contributed by atoms with Gasteiger partial charge in [-0.3, -0.25) is 0 Å². The van der Waals surface area contributed by atoms with E-state index in [1.54, 1.807) is 0 Å². The summed E-state index contributed by atoms with van der Waals surface area (Å²) < 4.78 is 6.74. The SMILES string of the molecule is c1ccc2c(c1)Oc1ccc(-c3ccccc3-c3ccc4c(c3)C3(CCCCC3)c3ccccc3-4)cc1C21c2ccccc2-c2ccccc21. The third kappa shape index (κ3) is 3.62. The molecule has 7 aromatic carbocycles. The van der Waals surface area contributed by atoms with Gasteiger partial charge in [-0.2, -0.15) is 0 Å². The molecule has 7 aromatic rings. The van der Waals surface area contributed by atoms with Gasteiger partial charge in [-0.05, 0) is 104 Å². The molecule has 1 saturated carbocycles. The van der Waals surface area contributed by atoms with Gasteiger partial charge < -0.3 is 4.74 Å². The summed E-state index contributed by atoms with van der Waals surface area (Å²) in [4.78, 5) is 0. The summed E-state index contributed by atoms with van der Waals surface area (Å²) in [5, 5.41) is 0. The molecule has 4 aliphatic rings. The van der Waals surface area contributed by atoms with Crippen molar-refractivity contribution in [3.63, 3.8) is 0 Å². The topological polar surface area (TPSA) is 9.23 Å². The zero-order chi connectivity index (χ0) is 32.9. The largest absolute Gasteiger partial charge is 0.457 e. The fraction of sp³-hybridized carbons (Fsp3) is 0.143. The Morgan fingerprint density at radius 3 is 1.46 bits per heavy atom. The maximum Gasteiger partial charge on any atom is 0.132 e. The van der Waals surface area contributed by atoms with Gasteiger partial charge in [0.15, 0.2) is 0 Å². The number of para-hydroxylation sites is 1. The third-order valence-electron chi connectivity index (χ3n) is 12.4. The van der Waals surface area contributed by atoms with E-state index in [1.165, 1.54) is 110 Å². The second kappa shape index (κ2) is 10.4. The zero-order valence-corrected chi connectivity index (χ0v) is 28.0. The van der Waals surface area contributed by atoms with Gasteiger partial charge in [0.25, 0.3) is 0 Å². The van der Waals surface area contributed by atoms with Crippen LogP contribution in [0.2, 0.25) is 0 Å². The number of rotatable bonds is 2. The summed E-state index contributed by atoms with van der Waals surface area (Å²) in [5.74, 6) is 1.85. The lowest BCUT2D eigenvalue weighted by molar-refractivity contribution is 0.353. The number of ether oxygens (including phenoxy) is 1. The Balaban J connectivity index is 1.12. The summed E-state index contributed by atoms with van der Waals surface area (Å²) in [6.45, 7) is 0. The molecular formula is C49H36O. The third-order valence-corrected chi connectivity index (χ3v) is 12.4. The van der Waals surface area contributed by atoms with Crippen molar-refractivity contribution in [2.75, 3.05) is 0 Å². The molecule has 238 valence electrons. The highest BCUT2D eigenvalue weighted by Crippen LogP contribution is 2.62. The number of fused-ring (bicyclic) bond motifs is 14. The Labute approximate surface area is 293 Å². The first-order chi connectivity index (χ1) is 24.8. The van der Waals surface area contributed by atoms with E-state index in [-0.39, 0.29) is 5.41 Å². The summed E-state index contributed by atoms with van der Waals surface area (Å²) in [6.07, 6.45) is 6.40. The molecule has 1 heterocycles. The predicted molar refractivity (Wildman–Crippen MR) is 204 cm³/mol. The lowest BCUT2D eigenvalue weighted by atomic mass is 9.65. The second-order valence-electron chi connectivity index (χ2n) is 14.6. The maximum atomic E-state index is 6.74. The molecule has 1 nitrogen and oxygen atoms in total. The van der Waals surface area contributed by atoms with Crippen LogP contribution in [0.15, 0.2) is 158 Å². The van der Waals surface area contributed by atoms with E-state index in [2.05, 4.69) is 158 Å². The molecule has 0 saturated heterocycles. The van der Waals surface area contributed by atoms with Crippen LogP contribution in [0.5, 0.6) is 11.5 Å². The first-order valence-corrected chi connectivity index (χ1v) is 18.2. The number of benzene rings is 7. The van der Waals surface area contributed by atoms with Crippen molar-refractivity contribution in [3.05, 3.63) is 191 Å². The van der Waals surface area contributed by atoms with Crippen LogP contribution in [-0.2, 0) is 10.8 Å². The molecule has 1 fully saturated rings. The van der Waals surface area contributed by atoms with E-state index < -0.39 is 5.41 Å². The molecule has 3 aliphatic carbocycles. The first-order valence-electron chi connectivity index (χ1n) is 18.2. The van der Waals surface area contributed by atoms with Gasteiger partial charge in [0.05, 0.1) is 5.41 Å². The minimum Gasteiger partial charge on any atom is -0.457 e. The van der Waals surface area contributed by atoms with E-state index >= 15 is 0 Å². The van der Waals surface area contributed by atoms with Gasteiger partial charge in [0.1, 0.15) is 11.5 Å². The molecule has 0 amide bonds. The van der Waals surface area contributed by atoms with Gasteiger partial charge in [0.2, 0.25) is 0 Å². The van der Waals surface area contributed by atoms with Crippen LogP contribution in [0, 0.1) is 0 Å². The van der Waals surface area contributed by atoms with Crippen LogP contribution >= 0.6 is 0 Å². The smallest absolute Gasteiger partial charge is 0.132 e. The molecule has 0 N–H and O–H groups in total. The molecule has 50 heavy (non-hydrogen) atoms. The van der Waals surface area contributed by atoms with Crippen LogP contribution in [0.4, 0.5) is 0 Å². The Hall–Kier alpha value is -5.66. The zero-order valence-electron chi connectivity index (χ0n) is 28.0. The molecule has 0 aromatic heterocycles. The lowest BCUT2D eigenvalue weighted by Gasteiger charge is -2.39. The monoisotopic (exact) mass is 640 g/mol. The summed E-state index contributed by atoms with van der Waals surface area (Å²) in [7, 11) is 0. The van der Waals surface area contributed by atoms with E-state index in [0.717, 1.165) is 11.5 Å². The normalized spacial score (nSPS) is 16.5. The molecule has 0 unspecified atom stereocenters. The predicted octanol–water partition coefficient (Wildman–Crippen LogP) is 12.7. The van der Waals surface area contributed by atoms with Crippen molar-refractivity contribution in [2.24, 2.45) is 0 Å². The molecule has 2 spiro atoms. The fourth-order valence-electron chi connectivity index (χ4n) is 10.3. The van der Waals surface area contributed by atoms with Gasteiger partial charge in [-0.15, -0.1) is 0 Å². The average Bonchev–Trinajstić information content (AvgIpc) is 3.62. The molecule has 0 bridgehead atoms. The highest BCUT2D eigenvalue weighted by Gasteiger charge is 2.51. The molecule has 1 aliphatic heterocycles. The van der Waals surface area contributed by atoms with Crippen LogP contribution in [-0.4, -0.2) is 0 Å². The minimum atomic E-state index is -0.477. The fourth-order valence-corrected chi connectivity index (χ4v) is 10.3. The highest BCUT2D eigenvalue weighted by atomic mass is 16.5. The van der Waals surface area contributed by atoms with E-state index in [0.29, 0.717) is 0 Å². The minimum absolute atomic E-state index is 0.126. The van der Waals surface area contributed by atoms with Crippen LogP contribution in [0.1, 0.15) is 65.5 Å². The van der Waals surface area contributed by atoms with Gasteiger partial charge >= 0.3 is 0 Å². The molecule has 1 heteroatoms. The van der Waals surface area contributed by atoms with Crippen LogP contribution in [0.3, 0.4) is 0 Å². The summed E-state index contributed by atoms with van der Waals surface area (Å²) in [6, 6.07) is 58.9. The highest BCUT2D eigenvalue weighted by molar-refractivity contribution is 5.92. The lowest BCUT2D eigenvalue weighted by Crippen LogP contribution is -2.32. The van der Waals surface area contributed by atoms with Crippen molar-refractivity contribution in [2.45, 2.75) is 42.9 Å².